The van der Waals surface area contributed by atoms with Crippen LogP contribution in [0.5, 0.6) is 0 Å². The first-order chi connectivity index (χ1) is 12.8. The summed E-state index contributed by atoms with van der Waals surface area (Å²) in [7, 11) is 0. The summed E-state index contributed by atoms with van der Waals surface area (Å²) in [6.07, 6.45) is 1.78. The lowest BCUT2D eigenvalue weighted by Gasteiger charge is -2.33. The molecular weight excluding hydrogens is 330 g/mol. The van der Waals surface area contributed by atoms with Gasteiger partial charge < -0.3 is 14.6 Å². The number of aromatic nitrogens is 3. The number of morpholine rings is 1. The fourth-order valence-corrected chi connectivity index (χ4v) is 3.04. The Bertz CT molecular complexity index is 852. The number of anilines is 2. The molecule has 3 heterocycles. The van der Waals surface area contributed by atoms with Crippen LogP contribution in [-0.2, 0) is 11.3 Å². The number of rotatable bonds is 5. The van der Waals surface area contributed by atoms with Gasteiger partial charge in [-0.2, -0.15) is 0 Å². The van der Waals surface area contributed by atoms with Crippen LogP contribution in [-0.4, -0.2) is 39.8 Å². The largest absolute Gasteiger partial charge is 0.378 e. The molecule has 3 aromatic rings. The van der Waals surface area contributed by atoms with Gasteiger partial charge in [-0.25, -0.2) is 9.97 Å². The summed E-state index contributed by atoms with van der Waals surface area (Å²) in [6, 6.07) is 13.8. The van der Waals surface area contributed by atoms with E-state index in [1.54, 1.807) is 6.20 Å². The van der Waals surface area contributed by atoms with Gasteiger partial charge in [-0.15, -0.1) is 0 Å². The number of para-hydroxylation sites is 1. The normalized spacial score (nSPS) is 18.0. The molecule has 1 unspecified atom stereocenters. The molecule has 0 bridgehead atoms. The van der Waals surface area contributed by atoms with Crippen molar-refractivity contribution < 1.29 is 9.26 Å². The number of hydrogen-bond donors (Lipinski definition) is 1. The van der Waals surface area contributed by atoms with Crippen LogP contribution in [0.15, 0.2) is 53.2 Å². The maximum absolute atomic E-state index is 5.68. The fourth-order valence-electron chi connectivity index (χ4n) is 3.04. The molecule has 1 N–H and O–H groups in total. The summed E-state index contributed by atoms with van der Waals surface area (Å²) in [4.78, 5) is 11.5. The lowest BCUT2D eigenvalue weighted by atomic mass is 10.2. The number of benzene rings is 1. The van der Waals surface area contributed by atoms with E-state index >= 15 is 0 Å². The summed E-state index contributed by atoms with van der Waals surface area (Å²) in [5.74, 6) is 2.32. The van der Waals surface area contributed by atoms with Gasteiger partial charge in [0.25, 0.3) is 0 Å². The smallest absolute Gasteiger partial charge is 0.150 e. The lowest BCUT2D eigenvalue weighted by molar-refractivity contribution is -0.0167. The summed E-state index contributed by atoms with van der Waals surface area (Å²) in [5, 5.41) is 7.41. The van der Waals surface area contributed by atoms with E-state index in [-0.39, 0.29) is 6.04 Å². The second kappa shape index (κ2) is 7.63. The summed E-state index contributed by atoms with van der Waals surface area (Å²) in [6.45, 7) is 4.64. The molecule has 134 valence electrons. The summed E-state index contributed by atoms with van der Waals surface area (Å²) >= 11 is 0. The van der Waals surface area contributed by atoms with Crippen LogP contribution < -0.4 is 5.32 Å². The molecule has 1 saturated heterocycles. The van der Waals surface area contributed by atoms with Crippen LogP contribution in [0, 0.1) is 6.92 Å². The van der Waals surface area contributed by atoms with E-state index in [1.165, 1.54) is 0 Å². The summed E-state index contributed by atoms with van der Waals surface area (Å²) < 4.78 is 10.9. The van der Waals surface area contributed by atoms with Crippen LogP contribution in [0.1, 0.15) is 23.3 Å². The molecule has 0 saturated carbocycles. The highest BCUT2D eigenvalue weighted by atomic mass is 16.5. The van der Waals surface area contributed by atoms with Gasteiger partial charge >= 0.3 is 0 Å². The minimum Gasteiger partial charge on any atom is -0.378 e. The number of nitrogens with one attached hydrogen (secondary N) is 1. The van der Waals surface area contributed by atoms with Crippen LogP contribution in [0.4, 0.5) is 11.5 Å². The van der Waals surface area contributed by atoms with Crippen molar-refractivity contribution in [3.63, 3.8) is 0 Å². The standard InChI is InChI=1S/C19H21N5O2/c1-14-11-16(23-26-14)12-24-9-10-25-13-17(24)19-20-8-7-18(22-19)21-15-5-3-2-4-6-15/h2-8,11,17H,9-10,12-13H2,1H3,(H,20,21,22). The van der Waals surface area contributed by atoms with Gasteiger partial charge in [0.15, 0.2) is 0 Å². The maximum atomic E-state index is 5.68. The predicted octanol–water partition coefficient (Wildman–Crippen LogP) is 3.09. The Hall–Kier alpha value is -2.77. The molecule has 2 aromatic heterocycles. The average molecular weight is 351 g/mol. The number of nitrogens with zero attached hydrogens (tertiary/aromatic N) is 4. The Balaban J connectivity index is 1.53. The quantitative estimate of drug-likeness (QED) is 0.757. The third-order valence-electron chi connectivity index (χ3n) is 4.30. The topological polar surface area (TPSA) is 76.3 Å². The number of ether oxygens (including phenoxy) is 1. The van der Waals surface area contributed by atoms with Gasteiger partial charge in [0.1, 0.15) is 17.4 Å². The van der Waals surface area contributed by atoms with Crippen molar-refractivity contribution in [3.8, 4) is 0 Å². The number of aryl methyl sites for hydroxylation is 1. The molecular formula is C19H21N5O2. The van der Waals surface area contributed by atoms with E-state index in [4.69, 9.17) is 14.2 Å². The third kappa shape index (κ3) is 3.89. The predicted molar refractivity (Wildman–Crippen MR) is 97.0 cm³/mol. The van der Waals surface area contributed by atoms with E-state index in [2.05, 4.69) is 20.4 Å². The maximum Gasteiger partial charge on any atom is 0.150 e. The van der Waals surface area contributed by atoms with Crippen molar-refractivity contribution in [2.75, 3.05) is 25.1 Å². The first-order valence-corrected chi connectivity index (χ1v) is 8.67. The molecule has 1 aliphatic rings. The first kappa shape index (κ1) is 16.7. The van der Waals surface area contributed by atoms with Gasteiger partial charge in [-0.05, 0) is 25.1 Å². The van der Waals surface area contributed by atoms with Gasteiger partial charge in [0.2, 0.25) is 0 Å². The Morgan fingerprint density at radius 2 is 2.12 bits per heavy atom. The van der Waals surface area contributed by atoms with E-state index in [0.717, 1.165) is 35.3 Å². The molecule has 1 aliphatic heterocycles. The Labute approximate surface area is 152 Å². The SMILES string of the molecule is Cc1cc(CN2CCOCC2c2nccc(Nc3ccccc3)n2)no1. The fraction of sp³-hybridized carbons (Fsp3) is 0.316. The van der Waals surface area contributed by atoms with E-state index < -0.39 is 0 Å². The van der Waals surface area contributed by atoms with Crippen LogP contribution >= 0.6 is 0 Å². The van der Waals surface area contributed by atoms with Gasteiger partial charge in [0.05, 0.1) is 24.9 Å². The average Bonchev–Trinajstić information content (AvgIpc) is 3.08. The minimum absolute atomic E-state index is 0.0155. The van der Waals surface area contributed by atoms with Crippen molar-refractivity contribution in [1.82, 2.24) is 20.0 Å². The van der Waals surface area contributed by atoms with E-state index in [0.29, 0.717) is 19.8 Å². The second-order valence-corrected chi connectivity index (χ2v) is 6.28. The third-order valence-corrected chi connectivity index (χ3v) is 4.30. The van der Waals surface area contributed by atoms with Crippen molar-refractivity contribution in [2.24, 2.45) is 0 Å². The lowest BCUT2D eigenvalue weighted by Crippen LogP contribution is -2.40. The van der Waals surface area contributed by atoms with Crippen molar-refractivity contribution in [3.05, 3.63) is 65.9 Å². The van der Waals surface area contributed by atoms with Gasteiger partial charge in [-0.3, -0.25) is 4.90 Å². The molecule has 0 radical (unpaired) electrons. The molecule has 1 atom stereocenters. The van der Waals surface area contributed by atoms with Crippen LogP contribution in [0.2, 0.25) is 0 Å². The van der Waals surface area contributed by atoms with Crippen LogP contribution in [0.3, 0.4) is 0 Å². The molecule has 7 heteroatoms. The Morgan fingerprint density at radius 3 is 2.92 bits per heavy atom. The molecule has 1 fully saturated rings. The molecule has 26 heavy (non-hydrogen) atoms. The molecule has 7 nitrogen and oxygen atoms in total. The first-order valence-electron chi connectivity index (χ1n) is 8.67. The van der Waals surface area contributed by atoms with Crippen LogP contribution in [0.25, 0.3) is 0 Å². The van der Waals surface area contributed by atoms with Crippen molar-refractivity contribution >= 4 is 11.5 Å². The van der Waals surface area contributed by atoms with Gasteiger partial charge in [0, 0.05) is 31.0 Å². The number of hydrogen-bond acceptors (Lipinski definition) is 7. The molecule has 4 rings (SSSR count). The molecule has 1 aromatic carbocycles. The highest BCUT2D eigenvalue weighted by molar-refractivity contribution is 5.55. The Morgan fingerprint density at radius 1 is 1.23 bits per heavy atom. The van der Waals surface area contributed by atoms with Crippen molar-refractivity contribution in [1.29, 1.82) is 0 Å². The van der Waals surface area contributed by atoms with E-state index in [1.807, 2.05) is 49.4 Å². The second-order valence-electron chi connectivity index (χ2n) is 6.28. The highest BCUT2D eigenvalue weighted by Gasteiger charge is 2.28. The van der Waals surface area contributed by atoms with Crippen molar-refractivity contribution in [2.45, 2.75) is 19.5 Å². The minimum atomic E-state index is -0.0155. The molecule has 0 spiro atoms. The highest BCUT2D eigenvalue weighted by Crippen LogP contribution is 2.25. The zero-order valence-electron chi connectivity index (χ0n) is 14.6. The summed E-state index contributed by atoms with van der Waals surface area (Å²) in [5.41, 5.74) is 1.90. The van der Waals surface area contributed by atoms with E-state index in [9.17, 15) is 0 Å². The molecule has 0 aliphatic carbocycles. The zero-order chi connectivity index (χ0) is 17.8. The monoisotopic (exact) mass is 351 g/mol. The Kier molecular flexibility index (Phi) is 4.90. The molecule has 0 amide bonds. The van der Waals surface area contributed by atoms with Gasteiger partial charge in [-0.1, -0.05) is 23.4 Å². The zero-order valence-corrected chi connectivity index (χ0v) is 14.6.